The van der Waals surface area contributed by atoms with Gasteiger partial charge in [-0.15, -0.1) is 0 Å². The molecule has 1 amide bonds. The number of ether oxygens (including phenoxy) is 1. The van der Waals surface area contributed by atoms with Crippen LogP contribution in [-0.4, -0.2) is 21.7 Å². The predicted octanol–water partition coefficient (Wildman–Crippen LogP) is 3.95. The standard InChI is InChI=1S/C28H25N3O4/c1-16-29-24(33)23-25(30-16)35-21-14-27(2,3)13-20(32)22(21)28(23)18-11-7-8-12-19(18)31(26(28)34)15-17-9-5-4-6-10-17/h4-12H,13-15H2,1-3H3,(H,29,30,33). The molecule has 3 aromatic rings. The Bertz CT molecular complexity index is 1500. The topological polar surface area (TPSA) is 92.4 Å². The average Bonchev–Trinajstić information content (AvgIpc) is 3.02. The summed E-state index contributed by atoms with van der Waals surface area (Å²) in [6, 6.07) is 17.1. The van der Waals surface area contributed by atoms with E-state index in [0.29, 0.717) is 35.8 Å². The number of aromatic amines is 1. The average molecular weight is 468 g/mol. The number of benzene rings is 2. The molecule has 0 saturated carbocycles. The van der Waals surface area contributed by atoms with E-state index in [1.807, 2.05) is 68.4 Å². The smallest absolute Gasteiger partial charge is 0.259 e. The van der Waals surface area contributed by atoms with Crippen LogP contribution in [-0.2, 0) is 21.5 Å². The summed E-state index contributed by atoms with van der Waals surface area (Å²) >= 11 is 0. The Balaban J connectivity index is 1.68. The molecule has 3 heterocycles. The molecule has 2 aliphatic heterocycles. The number of carbonyl (C=O) groups excluding carboxylic acids is 2. The highest BCUT2D eigenvalue weighted by Gasteiger charge is 2.63. The van der Waals surface area contributed by atoms with Gasteiger partial charge in [-0.2, -0.15) is 4.98 Å². The van der Waals surface area contributed by atoms with Crippen molar-refractivity contribution >= 4 is 17.4 Å². The Morgan fingerprint density at radius 2 is 1.71 bits per heavy atom. The first-order valence-corrected chi connectivity index (χ1v) is 11.7. The Hall–Kier alpha value is -4.00. The van der Waals surface area contributed by atoms with Gasteiger partial charge < -0.3 is 14.6 Å². The van der Waals surface area contributed by atoms with Crippen molar-refractivity contribution in [1.29, 1.82) is 0 Å². The molecule has 1 unspecified atom stereocenters. The van der Waals surface area contributed by atoms with Gasteiger partial charge in [0.2, 0.25) is 11.8 Å². The van der Waals surface area contributed by atoms with Crippen molar-refractivity contribution in [2.75, 3.05) is 4.90 Å². The molecular weight excluding hydrogens is 442 g/mol. The second-order valence-electron chi connectivity index (χ2n) is 10.3. The quantitative estimate of drug-likeness (QED) is 0.616. The summed E-state index contributed by atoms with van der Waals surface area (Å²) in [5.41, 5.74) is 0.186. The van der Waals surface area contributed by atoms with Crippen LogP contribution in [0.1, 0.15) is 49.2 Å². The van der Waals surface area contributed by atoms with Crippen molar-refractivity contribution in [3.63, 3.8) is 0 Å². The Morgan fingerprint density at radius 3 is 2.49 bits per heavy atom. The van der Waals surface area contributed by atoms with Crippen LogP contribution in [0.15, 0.2) is 70.7 Å². The molecule has 35 heavy (non-hydrogen) atoms. The molecule has 7 nitrogen and oxygen atoms in total. The number of hydrogen-bond donors (Lipinski definition) is 1. The normalized spacial score (nSPS) is 22.1. The van der Waals surface area contributed by atoms with Crippen molar-refractivity contribution < 1.29 is 14.3 Å². The number of fused-ring (bicyclic) bond motifs is 5. The number of nitrogens with zero attached hydrogens (tertiary/aromatic N) is 2. The van der Waals surface area contributed by atoms with E-state index < -0.39 is 11.0 Å². The number of Topliss-reactive ketones (excluding diaryl/α,β-unsaturated/α-hetero) is 1. The molecule has 1 aromatic heterocycles. The molecule has 0 fully saturated rings. The van der Waals surface area contributed by atoms with Crippen molar-refractivity contribution in [2.24, 2.45) is 5.41 Å². The second-order valence-corrected chi connectivity index (χ2v) is 10.3. The van der Waals surface area contributed by atoms with E-state index in [2.05, 4.69) is 9.97 Å². The molecule has 3 aliphatic rings. The summed E-state index contributed by atoms with van der Waals surface area (Å²) in [4.78, 5) is 50.8. The number of carbonyl (C=O) groups is 2. The van der Waals surface area contributed by atoms with Crippen LogP contribution in [0.3, 0.4) is 0 Å². The van der Waals surface area contributed by atoms with Gasteiger partial charge in [-0.3, -0.25) is 14.4 Å². The lowest BCUT2D eigenvalue weighted by Crippen LogP contribution is -2.52. The molecule has 176 valence electrons. The van der Waals surface area contributed by atoms with Crippen molar-refractivity contribution in [1.82, 2.24) is 9.97 Å². The summed E-state index contributed by atoms with van der Waals surface area (Å²) < 4.78 is 6.16. The minimum atomic E-state index is -1.60. The number of hydrogen-bond acceptors (Lipinski definition) is 5. The Kier molecular flexibility index (Phi) is 4.46. The van der Waals surface area contributed by atoms with E-state index in [0.717, 1.165) is 5.56 Å². The fourth-order valence-electron chi connectivity index (χ4n) is 5.84. The molecule has 1 N–H and O–H groups in total. The molecule has 0 radical (unpaired) electrons. The first-order valence-electron chi connectivity index (χ1n) is 11.7. The van der Waals surface area contributed by atoms with E-state index in [1.165, 1.54) is 0 Å². The van der Waals surface area contributed by atoms with E-state index in [-0.39, 0.29) is 40.5 Å². The van der Waals surface area contributed by atoms with E-state index in [1.54, 1.807) is 11.8 Å². The van der Waals surface area contributed by atoms with E-state index >= 15 is 0 Å². The second kappa shape index (κ2) is 7.25. The molecule has 0 saturated heterocycles. The monoisotopic (exact) mass is 467 g/mol. The number of amides is 1. The fraction of sp³-hybridized carbons (Fsp3) is 0.286. The lowest BCUT2D eigenvalue weighted by Gasteiger charge is -2.41. The maximum atomic E-state index is 14.6. The minimum absolute atomic E-state index is 0.0860. The van der Waals surface area contributed by atoms with Gasteiger partial charge in [0.25, 0.3) is 5.56 Å². The largest absolute Gasteiger partial charge is 0.442 e. The summed E-state index contributed by atoms with van der Waals surface area (Å²) in [5.74, 6) is 0.408. The van der Waals surface area contributed by atoms with Crippen molar-refractivity contribution in [3.8, 4) is 5.88 Å². The van der Waals surface area contributed by atoms with Crippen LogP contribution >= 0.6 is 0 Å². The molecule has 1 atom stereocenters. The number of anilines is 1. The zero-order valence-electron chi connectivity index (χ0n) is 19.8. The number of aryl methyl sites for hydroxylation is 1. The van der Waals surface area contributed by atoms with Crippen LogP contribution in [0, 0.1) is 12.3 Å². The van der Waals surface area contributed by atoms with Gasteiger partial charge in [-0.05, 0) is 24.0 Å². The third-order valence-corrected chi connectivity index (χ3v) is 7.16. The zero-order chi connectivity index (χ0) is 24.5. The zero-order valence-corrected chi connectivity index (χ0v) is 19.8. The Labute approximate surface area is 202 Å². The highest BCUT2D eigenvalue weighted by molar-refractivity contribution is 6.19. The first kappa shape index (κ1) is 21.5. The summed E-state index contributed by atoms with van der Waals surface area (Å²) in [5, 5.41) is 0. The van der Waals surface area contributed by atoms with Crippen LogP contribution in [0.25, 0.3) is 0 Å². The molecule has 1 aliphatic carbocycles. The number of nitrogens with one attached hydrogen (secondary N) is 1. The van der Waals surface area contributed by atoms with E-state index in [4.69, 9.17) is 4.74 Å². The predicted molar refractivity (Wildman–Crippen MR) is 130 cm³/mol. The maximum Gasteiger partial charge on any atom is 0.259 e. The van der Waals surface area contributed by atoms with Gasteiger partial charge in [-0.25, -0.2) is 0 Å². The summed E-state index contributed by atoms with van der Waals surface area (Å²) in [6.07, 6.45) is 0.731. The number of ketones is 1. The van der Waals surface area contributed by atoms with Gasteiger partial charge in [0.1, 0.15) is 22.6 Å². The van der Waals surface area contributed by atoms with Gasteiger partial charge in [0.05, 0.1) is 12.1 Å². The SMILES string of the molecule is Cc1nc2c(c(=O)[nH]1)C1(C(=O)N(Cc3ccccc3)c3ccccc31)C1=C(CC(C)(C)CC1=O)O2. The molecule has 0 bridgehead atoms. The molecule has 6 rings (SSSR count). The van der Waals surface area contributed by atoms with Gasteiger partial charge >= 0.3 is 0 Å². The van der Waals surface area contributed by atoms with Crippen molar-refractivity contribution in [3.05, 3.63) is 98.8 Å². The highest BCUT2D eigenvalue weighted by Crippen LogP contribution is 2.57. The lowest BCUT2D eigenvalue weighted by molar-refractivity contribution is -0.125. The third-order valence-electron chi connectivity index (χ3n) is 7.16. The van der Waals surface area contributed by atoms with Gasteiger partial charge in [0, 0.05) is 24.1 Å². The number of H-pyrrole nitrogens is 1. The number of allylic oxidation sites excluding steroid dienone is 1. The molecule has 1 spiro atoms. The van der Waals surface area contributed by atoms with Gasteiger partial charge in [-0.1, -0.05) is 62.4 Å². The van der Waals surface area contributed by atoms with Crippen LogP contribution in [0.4, 0.5) is 5.69 Å². The molecule has 7 heteroatoms. The molecular formula is C28H25N3O4. The molecule has 2 aromatic carbocycles. The highest BCUT2D eigenvalue weighted by atomic mass is 16.5. The minimum Gasteiger partial charge on any atom is -0.442 e. The third kappa shape index (κ3) is 2.97. The number of para-hydroxylation sites is 1. The summed E-state index contributed by atoms with van der Waals surface area (Å²) in [7, 11) is 0. The van der Waals surface area contributed by atoms with Crippen LogP contribution in [0.5, 0.6) is 5.88 Å². The Morgan fingerprint density at radius 1 is 1.00 bits per heavy atom. The van der Waals surface area contributed by atoms with Crippen molar-refractivity contribution in [2.45, 2.75) is 45.6 Å². The van der Waals surface area contributed by atoms with E-state index in [9.17, 15) is 14.4 Å². The number of rotatable bonds is 2. The van der Waals surface area contributed by atoms with Crippen LogP contribution in [0.2, 0.25) is 0 Å². The maximum absolute atomic E-state index is 14.6. The van der Waals surface area contributed by atoms with Crippen LogP contribution < -0.4 is 15.2 Å². The summed E-state index contributed by atoms with van der Waals surface area (Å²) in [6.45, 7) is 5.99. The first-order chi connectivity index (χ1) is 16.7. The fourth-order valence-corrected chi connectivity index (χ4v) is 5.84. The van der Waals surface area contributed by atoms with Gasteiger partial charge in [0.15, 0.2) is 5.78 Å². The lowest BCUT2D eigenvalue weighted by atomic mass is 9.62. The number of aromatic nitrogens is 2.